The zero-order valence-corrected chi connectivity index (χ0v) is 18.2. The van der Waals surface area contributed by atoms with Gasteiger partial charge in [0, 0.05) is 58.3 Å². The molecule has 1 aromatic carbocycles. The predicted molar refractivity (Wildman–Crippen MR) is 116 cm³/mol. The summed E-state index contributed by atoms with van der Waals surface area (Å²) < 4.78 is 0. The minimum Gasteiger partial charge on any atom is -0.392 e. The van der Waals surface area contributed by atoms with E-state index in [0.29, 0.717) is 49.2 Å². The molecule has 0 radical (unpaired) electrons. The third-order valence-electron chi connectivity index (χ3n) is 5.41. The van der Waals surface area contributed by atoms with Crippen LogP contribution in [0.2, 0.25) is 10.0 Å². The maximum absolute atomic E-state index is 12.5. The second kappa shape index (κ2) is 10.6. The number of amides is 2. The molecule has 0 aliphatic carbocycles. The van der Waals surface area contributed by atoms with Crippen LogP contribution in [-0.2, 0) is 9.59 Å². The van der Waals surface area contributed by atoms with Crippen LogP contribution in [0.25, 0.3) is 6.08 Å². The molecule has 2 aliphatic rings. The van der Waals surface area contributed by atoms with E-state index in [2.05, 4.69) is 0 Å². The molecule has 2 N–H and O–H groups in total. The molecule has 0 spiro atoms. The molecule has 2 saturated heterocycles. The molecule has 2 atom stereocenters. The average molecular weight is 456 g/mol. The van der Waals surface area contributed by atoms with E-state index in [1.54, 1.807) is 34.1 Å². The first-order valence-electron chi connectivity index (χ1n) is 10.1. The minimum atomic E-state index is -0.684. The van der Waals surface area contributed by atoms with Crippen molar-refractivity contribution in [2.45, 2.75) is 25.0 Å². The summed E-state index contributed by atoms with van der Waals surface area (Å²) in [6, 6.07) is 5.12. The molecule has 0 bridgehead atoms. The summed E-state index contributed by atoms with van der Waals surface area (Å²) in [6.45, 7) is 3.09. The summed E-state index contributed by atoms with van der Waals surface area (Å²) in [5.74, 6) is -0.249. The first-order valence-corrected chi connectivity index (χ1v) is 10.9. The number of hydrogen-bond acceptors (Lipinski definition) is 5. The van der Waals surface area contributed by atoms with Crippen LogP contribution in [-0.4, -0.2) is 94.7 Å². The highest BCUT2D eigenvalue weighted by Gasteiger charge is 2.27. The Bertz CT molecular complexity index is 804. The summed E-state index contributed by atoms with van der Waals surface area (Å²) in [4.78, 5) is 30.2. The van der Waals surface area contributed by atoms with E-state index in [1.807, 2.05) is 4.90 Å². The van der Waals surface area contributed by atoms with Crippen molar-refractivity contribution in [3.63, 3.8) is 0 Å². The molecule has 2 aliphatic heterocycles. The van der Waals surface area contributed by atoms with Gasteiger partial charge in [0.25, 0.3) is 0 Å². The Morgan fingerprint density at radius 3 is 2.67 bits per heavy atom. The quantitative estimate of drug-likeness (QED) is 0.634. The van der Waals surface area contributed by atoms with E-state index in [9.17, 15) is 19.8 Å². The normalized spacial score (nSPS) is 22.0. The van der Waals surface area contributed by atoms with Crippen LogP contribution in [0.5, 0.6) is 0 Å². The second-order valence-corrected chi connectivity index (χ2v) is 8.59. The Balaban J connectivity index is 1.51. The third kappa shape index (κ3) is 6.43. The van der Waals surface area contributed by atoms with Gasteiger partial charge in [-0.15, -0.1) is 0 Å². The number of likely N-dealkylation sites (tertiary alicyclic amines) is 1. The number of aliphatic hydroxyl groups is 2. The molecule has 2 heterocycles. The van der Waals surface area contributed by atoms with Gasteiger partial charge in [0.1, 0.15) is 0 Å². The monoisotopic (exact) mass is 455 g/mol. The van der Waals surface area contributed by atoms with Crippen molar-refractivity contribution in [3.05, 3.63) is 39.9 Å². The summed E-state index contributed by atoms with van der Waals surface area (Å²) in [7, 11) is 0. The Labute approximate surface area is 186 Å². The van der Waals surface area contributed by atoms with Crippen LogP contribution >= 0.6 is 23.2 Å². The number of nitrogens with zero attached hydrogens (tertiary/aromatic N) is 3. The number of hydrogen-bond donors (Lipinski definition) is 2. The van der Waals surface area contributed by atoms with Crippen LogP contribution in [0, 0.1) is 0 Å². The number of carbonyl (C=O) groups excluding carboxylic acids is 2. The number of aliphatic hydroxyl groups excluding tert-OH is 2. The molecule has 9 heteroatoms. The minimum absolute atomic E-state index is 0.0701. The van der Waals surface area contributed by atoms with Crippen LogP contribution in [0.1, 0.15) is 18.4 Å². The lowest BCUT2D eigenvalue weighted by Crippen LogP contribution is -2.43. The summed E-state index contributed by atoms with van der Waals surface area (Å²) >= 11 is 11.9. The van der Waals surface area contributed by atoms with E-state index >= 15 is 0 Å². The average Bonchev–Trinajstić information content (AvgIpc) is 3.02. The van der Waals surface area contributed by atoms with Gasteiger partial charge in [-0.05, 0) is 30.2 Å². The molecule has 1 aromatic rings. The highest BCUT2D eigenvalue weighted by atomic mass is 35.5. The highest BCUT2D eigenvalue weighted by Crippen LogP contribution is 2.23. The largest absolute Gasteiger partial charge is 0.392 e. The predicted octanol–water partition coefficient (Wildman–Crippen LogP) is 1.50. The van der Waals surface area contributed by atoms with Crippen LogP contribution < -0.4 is 0 Å². The van der Waals surface area contributed by atoms with Crippen LogP contribution in [0.15, 0.2) is 24.3 Å². The third-order valence-corrected chi connectivity index (χ3v) is 6.15. The molecule has 0 saturated carbocycles. The van der Waals surface area contributed by atoms with E-state index in [0.717, 1.165) is 12.1 Å². The van der Waals surface area contributed by atoms with E-state index in [1.165, 1.54) is 6.08 Å². The Morgan fingerprint density at radius 2 is 1.97 bits per heavy atom. The Hall–Kier alpha value is -1.64. The topological polar surface area (TPSA) is 84.3 Å². The Kier molecular flexibility index (Phi) is 8.13. The van der Waals surface area contributed by atoms with Crippen molar-refractivity contribution in [1.29, 1.82) is 0 Å². The number of halogens is 2. The maximum Gasteiger partial charge on any atom is 0.246 e. The fourth-order valence-electron chi connectivity index (χ4n) is 3.76. The SMILES string of the molecule is O=C(/C=C/c1ccc(Cl)c(Cl)c1)N1CCC(=O)N(CC(O)CN2CCC(O)C2)CC1. The standard InChI is InChI=1S/C21H27Cl2N3O4/c22-18-3-1-15(11-19(18)23)2-4-20(29)25-8-6-21(30)26(10-9-25)14-17(28)13-24-7-5-16(27)12-24/h1-4,11,16-17,27-28H,5-10,12-14H2/b4-2+. The molecule has 2 unspecified atom stereocenters. The van der Waals surface area contributed by atoms with Crippen molar-refractivity contribution < 1.29 is 19.8 Å². The molecule has 2 fully saturated rings. The zero-order chi connectivity index (χ0) is 21.7. The van der Waals surface area contributed by atoms with Crippen molar-refractivity contribution >= 4 is 41.1 Å². The number of carbonyl (C=O) groups is 2. The number of β-amino-alcohol motifs (C(OH)–C–C–N with tert-alkyl or cyclic N) is 2. The lowest BCUT2D eigenvalue weighted by atomic mass is 10.2. The molecule has 2 amide bonds. The van der Waals surface area contributed by atoms with Gasteiger partial charge in [-0.2, -0.15) is 0 Å². The smallest absolute Gasteiger partial charge is 0.246 e. The van der Waals surface area contributed by atoms with Gasteiger partial charge in [0.05, 0.1) is 22.3 Å². The molecule has 164 valence electrons. The summed E-state index contributed by atoms with van der Waals surface area (Å²) in [6.07, 6.45) is 3.05. The van der Waals surface area contributed by atoms with Gasteiger partial charge in [0.15, 0.2) is 0 Å². The molecular formula is C21H27Cl2N3O4. The number of rotatable bonds is 6. The number of benzene rings is 1. The van der Waals surface area contributed by atoms with Crippen LogP contribution in [0.4, 0.5) is 0 Å². The van der Waals surface area contributed by atoms with Gasteiger partial charge >= 0.3 is 0 Å². The first kappa shape index (κ1) is 23.0. The van der Waals surface area contributed by atoms with Gasteiger partial charge in [-0.3, -0.25) is 14.5 Å². The lowest BCUT2D eigenvalue weighted by Gasteiger charge is -2.26. The molecule has 3 rings (SSSR count). The Morgan fingerprint density at radius 1 is 1.17 bits per heavy atom. The van der Waals surface area contributed by atoms with E-state index in [4.69, 9.17) is 23.2 Å². The van der Waals surface area contributed by atoms with Crippen molar-refractivity contribution in [2.75, 3.05) is 45.8 Å². The molecule has 0 aromatic heterocycles. The fraction of sp³-hybridized carbons (Fsp3) is 0.524. The summed E-state index contributed by atoms with van der Waals surface area (Å²) in [5, 5.41) is 20.8. The molecule has 7 nitrogen and oxygen atoms in total. The highest BCUT2D eigenvalue weighted by molar-refractivity contribution is 6.42. The van der Waals surface area contributed by atoms with Gasteiger partial charge < -0.3 is 20.0 Å². The van der Waals surface area contributed by atoms with Crippen molar-refractivity contribution in [2.24, 2.45) is 0 Å². The maximum atomic E-state index is 12.5. The van der Waals surface area contributed by atoms with Gasteiger partial charge in [0.2, 0.25) is 11.8 Å². The summed E-state index contributed by atoms with van der Waals surface area (Å²) in [5.41, 5.74) is 0.764. The van der Waals surface area contributed by atoms with E-state index < -0.39 is 6.10 Å². The van der Waals surface area contributed by atoms with Crippen LogP contribution in [0.3, 0.4) is 0 Å². The van der Waals surface area contributed by atoms with Crippen molar-refractivity contribution in [1.82, 2.24) is 14.7 Å². The second-order valence-electron chi connectivity index (χ2n) is 7.78. The molecular weight excluding hydrogens is 429 g/mol. The lowest BCUT2D eigenvalue weighted by molar-refractivity contribution is -0.131. The van der Waals surface area contributed by atoms with Gasteiger partial charge in [-0.1, -0.05) is 29.3 Å². The fourth-order valence-corrected chi connectivity index (χ4v) is 4.06. The molecule has 30 heavy (non-hydrogen) atoms. The first-order chi connectivity index (χ1) is 14.3. The zero-order valence-electron chi connectivity index (χ0n) is 16.7. The van der Waals surface area contributed by atoms with Gasteiger partial charge in [-0.25, -0.2) is 0 Å². The van der Waals surface area contributed by atoms with E-state index in [-0.39, 0.29) is 30.9 Å². The van der Waals surface area contributed by atoms with Crippen molar-refractivity contribution in [3.8, 4) is 0 Å².